The van der Waals surface area contributed by atoms with Gasteiger partial charge in [0.15, 0.2) is 0 Å². The molecule has 112 valence electrons. The Balaban J connectivity index is 1.73. The van der Waals surface area contributed by atoms with Crippen molar-refractivity contribution in [2.45, 2.75) is 59.3 Å². The van der Waals surface area contributed by atoms with Gasteiger partial charge < -0.3 is 4.90 Å². The van der Waals surface area contributed by atoms with E-state index in [1.54, 1.807) is 0 Å². The summed E-state index contributed by atoms with van der Waals surface area (Å²) in [5.74, 6) is 0.978. The molecule has 3 atom stereocenters. The molecule has 3 heteroatoms. The van der Waals surface area contributed by atoms with E-state index in [1.807, 2.05) is 4.90 Å². The highest BCUT2D eigenvalue weighted by Crippen LogP contribution is 2.66. The van der Waals surface area contributed by atoms with Crippen LogP contribution < -0.4 is 0 Å². The largest absolute Gasteiger partial charge is 0.343 e. The highest BCUT2D eigenvalue weighted by atomic mass is 16.2. The zero-order valence-corrected chi connectivity index (χ0v) is 13.1. The summed E-state index contributed by atoms with van der Waals surface area (Å²) in [6.07, 6.45) is 6.07. The number of carbonyl (C=O) groups excluding carboxylic acids is 2. The number of rotatable bonds is 2. The number of hydrogen-bond donors (Lipinski definition) is 0. The van der Waals surface area contributed by atoms with Crippen molar-refractivity contribution in [3.8, 4) is 0 Å². The van der Waals surface area contributed by atoms with Crippen LogP contribution in [0.1, 0.15) is 59.3 Å². The van der Waals surface area contributed by atoms with Gasteiger partial charge in [0.25, 0.3) is 0 Å². The van der Waals surface area contributed by atoms with Crippen LogP contribution in [0.5, 0.6) is 0 Å². The van der Waals surface area contributed by atoms with Crippen LogP contribution in [0.3, 0.4) is 0 Å². The quantitative estimate of drug-likeness (QED) is 0.778. The SMILES string of the molecule is CC1(C)[C@@H]2CC[C@@]1(C)C(=O)[C@H]2CC(=O)N1CCCCC1. The lowest BCUT2D eigenvalue weighted by Gasteiger charge is -2.32. The summed E-state index contributed by atoms with van der Waals surface area (Å²) in [6.45, 7) is 8.37. The number of carbonyl (C=O) groups is 2. The van der Waals surface area contributed by atoms with Gasteiger partial charge in [0.05, 0.1) is 0 Å². The second kappa shape index (κ2) is 4.57. The Bertz CT molecular complexity index is 436. The molecule has 0 N–H and O–H groups in total. The van der Waals surface area contributed by atoms with Gasteiger partial charge in [-0.3, -0.25) is 9.59 Å². The minimum absolute atomic E-state index is 0.0156. The van der Waals surface area contributed by atoms with E-state index in [1.165, 1.54) is 6.42 Å². The number of nitrogens with zero attached hydrogens (tertiary/aromatic N) is 1. The van der Waals surface area contributed by atoms with E-state index in [-0.39, 0.29) is 22.7 Å². The summed E-state index contributed by atoms with van der Waals surface area (Å²) >= 11 is 0. The molecule has 1 aliphatic heterocycles. The molecular weight excluding hydrogens is 250 g/mol. The maximum Gasteiger partial charge on any atom is 0.223 e. The minimum Gasteiger partial charge on any atom is -0.343 e. The zero-order chi connectivity index (χ0) is 14.5. The molecule has 3 rings (SSSR count). The average Bonchev–Trinajstić information content (AvgIpc) is 2.74. The fourth-order valence-corrected chi connectivity index (χ4v) is 4.97. The van der Waals surface area contributed by atoms with Crippen molar-refractivity contribution in [2.24, 2.45) is 22.7 Å². The molecule has 3 nitrogen and oxygen atoms in total. The number of amides is 1. The van der Waals surface area contributed by atoms with Crippen LogP contribution in [0.25, 0.3) is 0 Å². The van der Waals surface area contributed by atoms with E-state index in [9.17, 15) is 9.59 Å². The molecule has 1 saturated heterocycles. The van der Waals surface area contributed by atoms with E-state index < -0.39 is 0 Å². The number of Topliss-reactive ketones (excluding diaryl/α,β-unsaturated/α-hetero) is 1. The first-order chi connectivity index (χ1) is 9.38. The van der Waals surface area contributed by atoms with Crippen molar-refractivity contribution in [1.29, 1.82) is 0 Å². The van der Waals surface area contributed by atoms with Gasteiger partial charge in [-0.1, -0.05) is 20.8 Å². The Hall–Kier alpha value is -0.860. The van der Waals surface area contributed by atoms with Gasteiger partial charge in [-0.25, -0.2) is 0 Å². The lowest BCUT2D eigenvalue weighted by atomic mass is 9.70. The lowest BCUT2D eigenvalue weighted by molar-refractivity contribution is -0.139. The number of hydrogen-bond acceptors (Lipinski definition) is 2. The van der Waals surface area contributed by atoms with Crippen molar-refractivity contribution >= 4 is 11.7 Å². The predicted molar refractivity (Wildman–Crippen MR) is 78.2 cm³/mol. The Morgan fingerprint density at radius 2 is 1.85 bits per heavy atom. The molecule has 3 fully saturated rings. The molecule has 2 bridgehead atoms. The molecule has 0 spiro atoms. The van der Waals surface area contributed by atoms with Crippen LogP contribution in [-0.4, -0.2) is 29.7 Å². The first kappa shape index (κ1) is 14.1. The van der Waals surface area contributed by atoms with Crippen molar-refractivity contribution in [2.75, 3.05) is 13.1 Å². The molecule has 3 aliphatic rings. The summed E-state index contributed by atoms with van der Waals surface area (Å²) in [5.41, 5.74) is -0.124. The lowest BCUT2D eigenvalue weighted by Crippen LogP contribution is -2.39. The van der Waals surface area contributed by atoms with Gasteiger partial charge in [0, 0.05) is 30.8 Å². The second-order valence-corrected chi connectivity index (χ2v) is 7.82. The molecule has 1 heterocycles. The van der Waals surface area contributed by atoms with Crippen LogP contribution in [0.4, 0.5) is 0 Å². The minimum atomic E-state index is -0.190. The van der Waals surface area contributed by atoms with E-state index in [0.717, 1.165) is 38.8 Å². The molecule has 0 unspecified atom stereocenters. The van der Waals surface area contributed by atoms with Gasteiger partial charge in [0.1, 0.15) is 5.78 Å². The number of likely N-dealkylation sites (tertiary alicyclic amines) is 1. The van der Waals surface area contributed by atoms with Crippen molar-refractivity contribution in [3.05, 3.63) is 0 Å². The molecule has 2 saturated carbocycles. The van der Waals surface area contributed by atoms with Gasteiger partial charge in [0.2, 0.25) is 5.91 Å². The predicted octanol–water partition coefficient (Wildman–Crippen LogP) is 3.03. The monoisotopic (exact) mass is 277 g/mol. The van der Waals surface area contributed by atoms with Crippen LogP contribution in [0, 0.1) is 22.7 Å². The van der Waals surface area contributed by atoms with Gasteiger partial charge in [-0.15, -0.1) is 0 Å². The molecule has 0 aromatic rings. The number of ketones is 1. The van der Waals surface area contributed by atoms with Crippen molar-refractivity contribution in [3.63, 3.8) is 0 Å². The average molecular weight is 277 g/mol. The summed E-state index contributed by atoms with van der Waals surface area (Å²) in [5, 5.41) is 0. The molecule has 20 heavy (non-hydrogen) atoms. The Kier molecular flexibility index (Phi) is 3.22. The van der Waals surface area contributed by atoms with Crippen LogP contribution in [-0.2, 0) is 9.59 Å². The van der Waals surface area contributed by atoms with E-state index in [4.69, 9.17) is 0 Å². The Morgan fingerprint density at radius 1 is 1.20 bits per heavy atom. The second-order valence-electron chi connectivity index (χ2n) is 7.82. The maximum atomic E-state index is 12.8. The van der Waals surface area contributed by atoms with Gasteiger partial charge >= 0.3 is 0 Å². The maximum absolute atomic E-state index is 12.8. The topological polar surface area (TPSA) is 37.4 Å². The standard InChI is InChI=1S/C17H27NO2/c1-16(2)13-7-8-17(16,3)15(20)12(13)11-14(19)18-9-5-4-6-10-18/h12-13H,4-11H2,1-3H3/t12-,13+,17-/m0/s1. The molecule has 0 aromatic carbocycles. The normalized spacial score (nSPS) is 39.4. The third-order valence-electron chi connectivity index (χ3n) is 6.77. The van der Waals surface area contributed by atoms with E-state index >= 15 is 0 Å². The zero-order valence-electron chi connectivity index (χ0n) is 13.1. The third kappa shape index (κ3) is 1.78. The number of fused-ring (bicyclic) bond motifs is 2. The highest BCUT2D eigenvalue weighted by Gasteiger charge is 2.66. The summed E-state index contributed by atoms with van der Waals surface area (Å²) in [4.78, 5) is 27.2. The first-order valence-electron chi connectivity index (χ1n) is 8.20. The van der Waals surface area contributed by atoms with Gasteiger partial charge in [-0.2, -0.15) is 0 Å². The smallest absolute Gasteiger partial charge is 0.223 e. The first-order valence-corrected chi connectivity index (χ1v) is 8.20. The Labute approximate surface area is 122 Å². The highest BCUT2D eigenvalue weighted by molar-refractivity contribution is 5.94. The summed E-state index contributed by atoms with van der Waals surface area (Å²) < 4.78 is 0. The molecule has 0 radical (unpaired) electrons. The van der Waals surface area contributed by atoms with E-state index in [2.05, 4.69) is 20.8 Å². The van der Waals surface area contributed by atoms with Crippen LogP contribution in [0.15, 0.2) is 0 Å². The fourth-order valence-electron chi connectivity index (χ4n) is 4.97. The Morgan fingerprint density at radius 3 is 2.40 bits per heavy atom. The third-order valence-corrected chi connectivity index (χ3v) is 6.77. The summed E-state index contributed by atoms with van der Waals surface area (Å²) in [6, 6.07) is 0. The molecule has 0 aromatic heterocycles. The van der Waals surface area contributed by atoms with Crippen molar-refractivity contribution < 1.29 is 9.59 Å². The van der Waals surface area contributed by atoms with Crippen molar-refractivity contribution in [1.82, 2.24) is 4.90 Å². The van der Waals surface area contributed by atoms with Gasteiger partial charge in [-0.05, 0) is 43.4 Å². The summed E-state index contributed by atoms with van der Waals surface area (Å²) in [7, 11) is 0. The van der Waals surface area contributed by atoms with E-state index in [0.29, 0.717) is 18.1 Å². The molecule has 1 amide bonds. The molecule has 2 aliphatic carbocycles. The fraction of sp³-hybridized carbons (Fsp3) is 0.882. The van der Waals surface area contributed by atoms with Crippen LogP contribution in [0.2, 0.25) is 0 Å². The number of piperidine rings is 1. The van der Waals surface area contributed by atoms with Crippen LogP contribution >= 0.6 is 0 Å². The molecular formula is C17H27NO2.